The number of hydrogen-bond acceptors (Lipinski definition) is 18. The van der Waals surface area contributed by atoms with Gasteiger partial charge in [-0.15, -0.1) is 0 Å². The highest BCUT2D eigenvalue weighted by atomic mass is 35.5. The number of nitrogens with one attached hydrogen (secondary N) is 2. The van der Waals surface area contributed by atoms with Crippen LogP contribution in [-0.4, -0.2) is 156 Å². The fourth-order valence-corrected chi connectivity index (χ4v) is 13.7. The number of likely N-dealkylation sites (tertiary alicyclic amines) is 3. The number of nitrogens with zero attached hydrogens (tertiary/aromatic N) is 12. The number of aromatic hydroxyl groups is 1. The van der Waals surface area contributed by atoms with Gasteiger partial charge in [-0.2, -0.15) is 9.59 Å². The van der Waals surface area contributed by atoms with Gasteiger partial charge in [0.1, 0.15) is 22.6 Å². The zero-order valence-corrected chi connectivity index (χ0v) is 65.0. The van der Waals surface area contributed by atoms with E-state index in [0.717, 1.165) is 103 Å². The zero-order valence-electron chi connectivity index (χ0n) is 62.7. The Morgan fingerprint density at radius 1 is 0.481 bits per heavy atom. The molecule has 6 aromatic heterocycles. The second-order valence-corrected chi connectivity index (χ2v) is 30.8. The molecule has 0 unspecified atom stereocenters. The fraction of sp³-hybridized carbons (Fsp3) is 0.455. The molecule has 9 aromatic rings. The van der Waals surface area contributed by atoms with Crippen LogP contribution in [0.3, 0.4) is 0 Å². The summed E-state index contributed by atoms with van der Waals surface area (Å²) in [6.07, 6.45) is 12.1. The molecule has 3 saturated heterocycles. The zero-order chi connectivity index (χ0) is 77.5. The molecule has 5 N–H and O–H groups in total. The number of imidazole rings is 3. The number of ether oxygens (including phenoxy) is 3. The van der Waals surface area contributed by atoms with Crippen molar-refractivity contribution in [1.29, 1.82) is 0 Å². The van der Waals surface area contributed by atoms with Crippen LogP contribution in [0.25, 0.3) is 33.1 Å². The highest BCUT2D eigenvalue weighted by molar-refractivity contribution is 6.36. The summed E-state index contributed by atoms with van der Waals surface area (Å²) in [5, 5.41) is 17.5. The Labute approximate surface area is 632 Å². The number of fused-ring (bicyclic) bond motifs is 3. The lowest BCUT2D eigenvalue weighted by molar-refractivity contribution is -0.191. The predicted molar refractivity (Wildman–Crippen MR) is 410 cm³/mol. The summed E-state index contributed by atoms with van der Waals surface area (Å²) in [7, 11) is 0. The third-order valence-electron chi connectivity index (χ3n) is 17.1. The number of phenolic OH excluding ortho intramolecular Hbond substituents is 1. The van der Waals surface area contributed by atoms with Crippen LogP contribution in [-0.2, 0) is 23.8 Å². The van der Waals surface area contributed by atoms with Crippen molar-refractivity contribution in [2.75, 3.05) is 55.6 Å². The first-order valence-corrected chi connectivity index (χ1v) is 36.4. The Morgan fingerprint density at radius 2 is 0.840 bits per heavy atom. The molecular weight excluding hydrogens is 1420 g/mol. The topological polar surface area (TPSA) is 319 Å². The molecule has 0 aliphatic carbocycles. The van der Waals surface area contributed by atoms with Crippen molar-refractivity contribution in [3.8, 4) is 5.75 Å². The van der Waals surface area contributed by atoms with Crippen molar-refractivity contribution in [2.45, 2.75) is 190 Å². The number of rotatable bonds is 7. The standard InChI is InChI=1S/C26H32ClN5O3.C25H30ClN5O4.C19H27ClN4O2.C6H7N.CO2/c1-16-12-20(27)22-21(13-16)29-24(30-23(33)18-9-10-28-17(2)14-18)32(22)19-8-6-7-11-31(15-19)25(34)35-26(3,4)5;1-15-11-16(8-9-27-15)22(33)29-23-28-20-13-18(32)12-19(26)21(20)31(23)17-7-5-6-10-30(14-17)24(34)35-25(2,3)4;1-12-9-14(20)16-15(10-12)22-17(21)24(16)13-7-5-6-8-23(11-13)18(25)26-19(2,3)4;1-6-4-2-3-5-7-6;2-1-3/h9-10,12-14,19H,6-8,11,15H2,1-5H3,(H,29,30,33);8-9,11-13,17,32H,5-7,10,14H2,1-4H3,(H,28,29,33);9-10,13H,5-8,11H2,1-4H3,(H2,21,22);2-5H,1H3;/t19-;17-;13-;;/m111../s1. The molecule has 0 saturated carbocycles. The van der Waals surface area contributed by atoms with E-state index in [4.69, 9.17) is 69.3 Å². The van der Waals surface area contributed by atoms with Gasteiger partial charge in [0.05, 0.1) is 66.3 Å². The third kappa shape index (κ3) is 22.6. The Morgan fingerprint density at radius 3 is 1.20 bits per heavy atom. The highest BCUT2D eigenvalue weighted by Gasteiger charge is 2.34. The summed E-state index contributed by atoms with van der Waals surface area (Å²) >= 11 is 19.8. The minimum absolute atomic E-state index is 0.0222. The van der Waals surface area contributed by atoms with Crippen LogP contribution < -0.4 is 16.4 Å². The molecule has 3 atom stereocenters. The molecule has 9 heterocycles. The molecular formula is C77H96Cl3N15O11. The van der Waals surface area contributed by atoms with Crippen LogP contribution in [0.15, 0.2) is 97.5 Å². The summed E-state index contributed by atoms with van der Waals surface area (Å²) in [5.74, 6) is 0.489. The Bertz CT molecular complexity index is 4440. The van der Waals surface area contributed by atoms with E-state index in [2.05, 4.69) is 35.6 Å². The Kier molecular flexibility index (Phi) is 27.7. The second kappa shape index (κ2) is 35.9. The molecule has 5 amide bonds. The van der Waals surface area contributed by atoms with Crippen molar-refractivity contribution in [3.63, 3.8) is 0 Å². The van der Waals surface area contributed by atoms with Gasteiger partial charge in [0.15, 0.2) is 0 Å². The molecule has 566 valence electrons. The molecule has 12 rings (SSSR count). The van der Waals surface area contributed by atoms with E-state index in [1.54, 1.807) is 57.6 Å². The molecule has 29 heteroatoms. The number of benzene rings is 3. The number of nitrogens with two attached hydrogens (primary N) is 1. The van der Waals surface area contributed by atoms with Crippen molar-refractivity contribution in [2.24, 2.45) is 0 Å². The van der Waals surface area contributed by atoms with E-state index in [1.807, 2.05) is 153 Å². The number of hydrogen-bond donors (Lipinski definition) is 4. The van der Waals surface area contributed by atoms with Crippen LogP contribution in [0.5, 0.6) is 5.75 Å². The Hall–Kier alpha value is -9.88. The van der Waals surface area contributed by atoms with Gasteiger partial charge in [-0.1, -0.05) is 40.9 Å². The number of pyridine rings is 3. The average molecular weight is 1510 g/mol. The third-order valence-corrected chi connectivity index (χ3v) is 18.0. The summed E-state index contributed by atoms with van der Waals surface area (Å²) in [6, 6.07) is 22.9. The quantitative estimate of drug-likeness (QED) is 0.108. The van der Waals surface area contributed by atoms with Gasteiger partial charge in [0.25, 0.3) is 11.8 Å². The number of amides is 5. The van der Waals surface area contributed by atoms with E-state index in [1.165, 1.54) is 12.1 Å². The lowest BCUT2D eigenvalue weighted by Crippen LogP contribution is -2.39. The molecule has 0 spiro atoms. The van der Waals surface area contributed by atoms with Crippen molar-refractivity contribution < 1.29 is 52.9 Å². The number of nitrogen functional groups attached to an aromatic ring is 1. The summed E-state index contributed by atoms with van der Waals surface area (Å²) in [4.78, 5) is 112. The average Bonchev–Trinajstić information content (AvgIpc) is 1.63. The number of aryl methyl sites for hydroxylation is 5. The highest BCUT2D eigenvalue weighted by Crippen LogP contribution is 2.39. The van der Waals surface area contributed by atoms with Gasteiger partial charge in [-0.05, 0) is 227 Å². The van der Waals surface area contributed by atoms with Crippen LogP contribution in [0.4, 0.5) is 32.2 Å². The molecule has 0 bridgehead atoms. The van der Waals surface area contributed by atoms with Crippen molar-refractivity contribution >= 4 is 122 Å². The van der Waals surface area contributed by atoms with Gasteiger partial charge in [-0.25, -0.2) is 29.3 Å². The van der Waals surface area contributed by atoms with E-state index in [0.29, 0.717) is 99.9 Å². The van der Waals surface area contributed by atoms with Crippen LogP contribution in [0, 0.1) is 34.6 Å². The lowest BCUT2D eigenvalue weighted by atomic mass is 10.1. The van der Waals surface area contributed by atoms with Crippen LogP contribution >= 0.6 is 34.8 Å². The molecule has 26 nitrogen and oxygen atoms in total. The van der Waals surface area contributed by atoms with Gasteiger partial charge in [-0.3, -0.25) is 35.2 Å². The predicted octanol–water partition coefficient (Wildman–Crippen LogP) is 16.6. The molecule has 3 aromatic carbocycles. The number of carbonyl (C=O) groups excluding carboxylic acids is 7. The molecule has 3 aliphatic heterocycles. The van der Waals surface area contributed by atoms with Gasteiger partial charge in [0, 0.05) is 98.2 Å². The smallest absolute Gasteiger partial charge is 0.410 e. The van der Waals surface area contributed by atoms with Crippen LogP contribution in [0.2, 0.25) is 15.1 Å². The Balaban J connectivity index is 0.000000190. The number of carbonyl (C=O) groups is 5. The number of anilines is 3. The van der Waals surface area contributed by atoms with Crippen molar-refractivity contribution in [1.82, 2.24) is 58.3 Å². The minimum atomic E-state index is -0.608. The van der Waals surface area contributed by atoms with Gasteiger partial charge >= 0.3 is 24.4 Å². The van der Waals surface area contributed by atoms with E-state index in [9.17, 15) is 29.1 Å². The maximum atomic E-state index is 13.1. The first-order valence-electron chi connectivity index (χ1n) is 35.3. The first kappa shape index (κ1) is 81.8. The largest absolute Gasteiger partial charge is 0.508 e. The van der Waals surface area contributed by atoms with Gasteiger partial charge < -0.3 is 53.5 Å². The lowest BCUT2D eigenvalue weighted by Gasteiger charge is -2.29. The maximum absolute atomic E-state index is 13.1. The molecule has 0 radical (unpaired) electrons. The number of halogens is 3. The number of aromatic nitrogens is 9. The number of phenols is 1. The minimum Gasteiger partial charge on any atom is -0.508 e. The monoisotopic (exact) mass is 1510 g/mol. The van der Waals surface area contributed by atoms with Crippen LogP contribution in [0.1, 0.15) is 187 Å². The fourth-order valence-electron chi connectivity index (χ4n) is 12.7. The normalized spacial score (nSPS) is 16.3. The van der Waals surface area contributed by atoms with E-state index in [-0.39, 0.29) is 60.1 Å². The summed E-state index contributed by atoms with van der Waals surface area (Å²) in [6.45, 7) is 29.5. The molecule has 106 heavy (non-hydrogen) atoms. The second-order valence-electron chi connectivity index (χ2n) is 29.5. The van der Waals surface area contributed by atoms with Crippen molar-refractivity contribution in [3.05, 3.63) is 152 Å². The summed E-state index contributed by atoms with van der Waals surface area (Å²) in [5.41, 5.74) is 14.1. The van der Waals surface area contributed by atoms with E-state index < -0.39 is 16.8 Å². The molecule has 3 aliphatic rings. The SMILES string of the molecule is Cc1cc(C(=O)Nc2nc3cc(O)cc(Cl)c3n2[C@@H]2CCCCN(C(=O)OC(C)(C)C)C2)ccn1.Cc1cc(Cl)c2c(c1)nc(N)n2[C@@H]1CCCCN(C(=O)OC(C)(C)C)C1.Cc1cc(Cl)c2c(c1)nc(NC(=O)c1ccnc(C)c1)n2[C@@H]1CCCCN(C(=O)OC(C)(C)C)C1.Cc1ccccn1.O=C=O. The van der Waals surface area contributed by atoms with Gasteiger partial charge in [0.2, 0.25) is 17.8 Å². The van der Waals surface area contributed by atoms with E-state index >= 15 is 0 Å². The maximum Gasteiger partial charge on any atom is 0.410 e. The molecule has 3 fully saturated rings. The summed E-state index contributed by atoms with van der Waals surface area (Å²) < 4.78 is 22.7. The first-order chi connectivity index (χ1) is 50.0.